The van der Waals surface area contributed by atoms with Crippen LogP contribution < -0.4 is 4.72 Å². The molecule has 0 amide bonds. The SMILES string of the molecule is COC(=O)c1c(NS(=O)(=O)C(C)C)sc2c1CCC2. The van der Waals surface area contributed by atoms with Crippen molar-refractivity contribution in [3.63, 3.8) is 0 Å². The number of anilines is 1. The minimum absolute atomic E-state index is 0.393. The number of hydrogen-bond donors (Lipinski definition) is 1. The van der Waals surface area contributed by atoms with E-state index >= 15 is 0 Å². The summed E-state index contributed by atoms with van der Waals surface area (Å²) in [7, 11) is -2.14. The first-order valence-corrected chi connectivity index (χ1v) is 8.47. The van der Waals surface area contributed by atoms with Gasteiger partial charge in [-0.05, 0) is 38.7 Å². The van der Waals surface area contributed by atoms with Gasteiger partial charge in [-0.3, -0.25) is 4.72 Å². The number of sulfonamides is 1. The fourth-order valence-electron chi connectivity index (χ4n) is 2.04. The van der Waals surface area contributed by atoms with Crippen LogP contribution in [0.5, 0.6) is 0 Å². The number of carbonyl (C=O) groups excluding carboxylic acids is 1. The molecule has 0 saturated heterocycles. The van der Waals surface area contributed by atoms with Gasteiger partial charge in [0.05, 0.1) is 17.9 Å². The Morgan fingerprint density at radius 3 is 2.63 bits per heavy atom. The number of esters is 1. The van der Waals surface area contributed by atoms with Crippen LogP contribution in [0.4, 0.5) is 5.00 Å². The summed E-state index contributed by atoms with van der Waals surface area (Å²) in [6.07, 6.45) is 2.70. The number of thiophene rings is 1. The standard InChI is InChI=1S/C12H17NO4S2/c1-7(2)19(15,16)13-11-10(12(14)17-3)8-5-4-6-9(8)18-11/h7,13H,4-6H2,1-3H3. The minimum atomic E-state index is -3.45. The van der Waals surface area contributed by atoms with Gasteiger partial charge in [-0.25, -0.2) is 13.2 Å². The first-order valence-electron chi connectivity index (χ1n) is 6.11. The van der Waals surface area contributed by atoms with Crippen molar-refractivity contribution in [2.24, 2.45) is 0 Å². The quantitative estimate of drug-likeness (QED) is 0.865. The van der Waals surface area contributed by atoms with E-state index in [1.54, 1.807) is 13.8 Å². The van der Waals surface area contributed by atoms with E-state index in [0.717, 1.165) is 29.7 Å². The van der Waals surface area contributed by atoms with Crippen LogP contribution in [0.1, 0.15) is 41.1 Å². The number of fused-ring (bicyclic) bond motifs is 1. The fourth-order valence-corrected chi connectivity index (χ4v) is 4.28. The molecule has 0 aliphatic heterocycles. The van der Waals surface area contributed by atoms with Crippen molar-refractivity contribution in [2.45, 2.75) is 38.4 Å². The Balaban J connectivity index is 2.44. The van der Waals surface area contributed by atoms with E-state index in [1.165, 1.54) is 18.4 Å². The highest BCUT2D eigenvalue weighted by Gasteiger charge is 2.29. The van der Waals surface area contributed by atoms with Crippen molar-refractivity contribution in [2.75, 3.05) is 11.8 Å². The lowest BCUT2D eigenvalue weighted by molar-refractivity contribution is 0.0601. The van der Waals surface area contributed by atoms with Crippen molar-refractivity contribution < 1.29 is 17.9 Å². The van der Waals surface area contributed by atoms with E-state index in [-0.39, 0.29) is 0 Å². The van der Waals surface area contributed by atoms with Crippen LogP contribution in [0, 0.1) is 0 Å². The number of hydrogen-bond acceptors (Lipinski definition) is 5. The van der Waals surface area contributed by atoms with Gasteiger partial charge < -0.3 is 4.74 Å². The van der Waals surface area contributed by atoms with Gasteiger partial charge in [0.15, 0.2) is 0 Å². The zero-order valence-electron chi connectivity index (χ0n) is 11.1. The van der Waals surface area contributed by atoms with Crippen LogP contribution in [-0.2, 0) is 27.6 Å². The first kappa shape index (κ1) is 14.3. The molecular weight excluding hydrogens is 286 g/mol. The van der Waals surface area contributed by atoms with Gasteiger partial charge in [-0.1, -0.05) is 0 Å². The van der Waals surface area contributed by atoms with Gasteiger partial charge >= 0.3 is 5.97 Å². The average molecular weight is 303 g/mol. The summed E-state index contributed by atoms with van der Waals surface area (Å²) in [5, 5.41) is -0.153. The number of nitrogens with one attached hydrogen (secondary N) is 1. The molecule has 0 spiro atoms. The fraction of sp³-hybridized carbons (Fsp3) is 0.583. The molecule has 0 radical (unpaired) electrons. The third-order valence-electron chi connectivity index (χ3n) is 3.17. The zero-order chi connectivity index (χ0) is 14.2. The van der Waals surface area contributed by atoms with E-state index in [2.05, 4.69) is 4.72 Å². The maximum atomic E-state index is 11.9. The Hall–Kier alpha value is -1.08. The molecular formula is C12H17NO4S2. The smallest absolute Gasteiger partial charge is 0.341 e. The van der Waals surface area contributed by atoms with Crippen molar-refractivity contribution in [3.8, 4) is 0 Å². The Morgan fingerprint density at radius 2 is 2.05 bits per heavy atom. The van der Waals surface area contributed by atoms with E-state index in [1.807, 2.05) is 0 Å². The highest BCUT2D eigenvalue weighted by atomic mass is 32.2. The van der Waals surface area contributed by atoms with Crippen molar-refractivity contribution in [3.05, 3.63) is 16.0 Å². The van der Waals surface area contributed by atoms with Crippen molar-refractivity contribution in [1.29, 1.82) is 0 Å². The summed E-state index contributed by atoms with van der Waals surface area (Å²) < 4.78 is 31.2. The maximum Gasteiger partial charge on any atom is 0.341 e. The zero-order valence-corrected chi connectivity index (χ0v) is 12.8. The van der Waals surface area contributed by atoms with Gasteiger partial charge in [0.2, 0.25) is 10.0 Å². The maximum absolute atomic E-state index is 11.9. The lowest BCUT2D eigenvalue weighted by Gasteiger charge is -2.11. The number of carbonyl (C=O) groups is 1. The molecule has 19 heavy (non-hydrogen) atoms. The minimum Gasteiger partial charge on any atom is -0.465 e. The molecule has 106 valence electrons. The van der Waals surface area contributed by atoms with Crippen LogP contribution in [0.3, 0.4) is 0 Å². The van der Waals surface area contributed by atoms with E-state index in [9.17, 15) is 13.2 Å². The molecule has 1 N–H and O–H groups in total. The van der Waals surface area contributed by atoms with E-state index in [4.69, 9.17) is 4.74 Å². The van der Waals surface area contributed by atoms with Crippen LogP contribution in [0.15, 0.2) is 0 Å². The first-order chi connectivity index (χ1) is 8.86. The van der Waals surface area contributed by atoms with Gasteiger partial charge in [0.1, 0.15) is 5.00 Å². The molecule has 0 aromatic carbocycles. The molecule has 1 aliphatic carbocycles. The summed E-state index contributed by atoms with van der Waals surface area (Å²) in [5.74, 6) is -0.471. The topological polar surface area (TPSA) is 72.5 Å². The molecule has 0 atom stereocenters. The molecule has 2 rings (SSSR count). The number of rotatable bonds is 4. The van der Waals surface area contributed by atoms with E-state index in [0.29, 0.717) is 10.6 Å². The lowest BCUT2D eigenvalue weighted by atomic mass is 10.1. The monoisotopic (exact) mass is 303 g/mol. The third-order valence-corrected chi connectivity index (χ3v) is 6.23. The molecule has 5 nitrogen and oxygen atoms in total. The predicted octanol–water partition coefficient (Wildman–Crippen LogP) is 2.17. The van der Waals surface area contributed by atoms with Gasteiger partial charge in [0.25, 0.3) is 0 Å². The second kappa shape index (κ2) is 5.13. The van der Waals surface area contributed by atoms with Crippen molar-refractivity contribution >= 4 is 32.3 Å². The molecule has 0 bridgehead atoms. The highest BCUT2D eigenvalue weighted by Crippen LogP contribution is 2.40. The normalized spacial score (nSPS) is 14.5. The molecule has 1 aromatic heterocycles. The molecule has 0 fully saturated rings. The summed E-state index contributed by atoms with van der Waals surface area (Å²) >= 11 is 1.35. The Labute approximate surface area is 117 Å². The number of methoxy groups -OCH3 is 1. The summed E-state index contributed by atoms with van der Waals surface area (Å²) in [6, 6.07) is 0. The highest BCUT2D eigenvalue weighted by molar-refractivity contribution is 7.93. The second-order valence-corrected chi connectivity index (χ2v) is 8.09. The summed E-state index contributed by atoms with van der Waals surface area (Å²) in [4.78, 5) is 12.9. The Bertz CT molecular complexity index is 601. The molecule has 0 saturated carbocycles. The third kappa shape index (κ3) is 2.62. The Morgan fingerprint density at radius 1 is 1.37 bits per heavy atom. The van der Waals surface area contributed by atoms with Crippen molar-refractivity contribution in [1.82, 2.24) is 0 Å². The average Bonchev–Trinajstić information content (AvgIpc) is 2.87. The molecule has 0 unspecified atom stereocenters. The number of ether oxygens (including phenoxy) is 1. The summed E-state index contributed by atoms with van der Waals surface area (Å²) in [6.45, 7) is 3.20. The molecule has 1 heterocycles. The predicted molar refractivity (Wildman–Crippen MR) is 75.4 cm³/mol. The van der Waals surface area contributed by atoms with Crippen LogP contribution in [-0.4, -0.2) is 26.7 Å². The second-order valence-electron chi connectivity index (χ2n) is 4.75. The molecule has 7 heteroatoms. The number of aryl methyl sites for hydroxylation is 1. The van der Waals surface area contributed by atoms with Crippen LogP contribution in [0.25, 0.3) is 0 Å². The molecule has 1 aromatic rings. The van der Waals surface area contributed by atoms with E-state index < -0.39 is 21.2 Å². The largest absolute Gasteiger partial charge is 0.465 e. The van der Waals surface area contributed by atoms with Gasteiger partial charge in [-0.15, -0.1) is 11.3 Å². The summed E-state index contributed by atoms with van der Waals surface area (Å²) in [5.41, 5.74) is 1.34. The lowest BCUT2D eigenvalue weighted by Crippen LogP contribution is -2.23. The Kier molecular flexibility index (Phi) is 3.87. The van der Waals surface area contributed by atoms with Gasteiger partial charge in [0, 0.05) is 4.88 Å². The van der Waals surface area contributed by atoms with Crippen LogP contribution >= 0.6 is 11.3 Å². The van der Waals surface area contributed by atoms with Crippen LogP contribution in [0.2, 0.25) is 0 Å². The van der Waals surface area contributed by atoms with Gasteiger partial charge in [-0.2, -0.15) is 0 Å². The molecule has 1 aliphatic rings.